The second-order valence-electron chi connectivity index (χ2n) is 11.3. The minimum Gasteiger partial charge on any atom is -0.378 e. The Morgan fingerprint density at radius 3 is 2.76 bits per heavy atom. The SMILES string of the molecule is Cc1c[nH]c2ncc(-c3cc4c(c([C@@H]5COCCN5)c3)CN(C(=O)N3C5CCC3CN(C)C5)CC4)cc12. The number of carbonyl (C=O) groups excluding carboxylic acids is 1. The Morgan fingerprint density at radius 1 is 1.14 bits per heavy atom. The number of rotatable bonds is 2. The standard InChI is InChI=1S/C29H36N6O2/c1-18-12-31-28-24(18)11-21(13-32-28)20-9-19-5-7-34(16-26(19)25(10-20)27-17-37-8-6-30-27)29(36)35-22-3-4-23(35)15-33(2)14-22/h9-13,22-23,27,30H,3-8,14-17H2,1-2H3,(H,31,32)/t22?,23?,27-/m0/s1. The van der Waals surface area contributed by atoms with Gasteiger partial charge in [-0.25, -0.2) is 9.78 Å². The van der Waals surface area contributed by atoms with Crippen molar-refractivity contribution in [1.29, 1.82) is 0 Å². The molecule has 8 heteroatoms. The zero-order chi connectivity index (χ0) is 25.1. The first kappa shape index (κ1) is 23.2. The summed E-state index contributed by atoms with van der Waals surface area (Å²) in [4.78, 5) is 28.5. The number of pyridine rings is 1. The third kappa shape index (κ3) is 4.02. The van der Waals surface area contributed by atoms with E-state index in [0.717, 1.165) is 68.6 Å². The van der Waals surface area contributed by atoms with Crippen molar-refractivity contribution in [3.05, 3.63) is 52.8 Å². The van der Waals surface area contributed by atoms with Gasteiger partial charge in [-0.2, -0.15) is 0 Å². The van der Waals surface area contributed by atoms with Gasteiger partial charge in [-0.05, 0) is 73.2 Å². The third-order valence-electron chi connectivity index (χ3n) is 8.90. The summed E-state index contributed by atoms with van der Waals surface area (Å²) in [5.74, 6) is 0. The number of H-pyrrole nitrogens is 1. The normalized spacial score (nSPS) is 26.1. The lowest BCUT2D eigenvalue weighted by Gasteiger charge is -2.43. The number of ether oxygens (including phenoxy) is 1. The number of likely N-dealkylation sites (tertiary alicyclic amines) is 1. The van der Waals surface area contributed by atoms with Crippen molar-refractivity contribution < 1.29 is 9.53 Å². The first-order chi connectivity index (χ1) is 18.0. The van der Waals surface area contributed by atoms with Crippen LogP contribution in [0, 0.1) is 6.92 Å². The number of aromatic amines is 1. The number of benzene rings is 1. The number of hydrogen-bond donors (Lipinski definition) is 2. The molecule has 2 unspecified atom stereocenters. The number of amides is 2. The Labute approximate surface area is 218 Å². The maximum Gasteiger partial charge on any atom is 0.320 e. The third-order valence-corrected chi connectivity index (χ3v) is 8.90. The molecular formula is C29H36N6O2. The van der Waals surface area contributed by atoms with Crippen LogP contribution < -0.4 is 5.32 Å². The molecule has 2 amide bonds. The fourth-order valence-corrected chi connectivity index (χ4v) is 6.99. The topological polar surface area (TPSA) is 76.7 Å². The number of fused-ring (bicyclic) bond motifs is 4. The average molecular weight is 501 g/mol. The van der Waals surface area contributed by atoms with Crippen LogP contribution in [0.1, 0.15) is 41.1 Å². The van der Waals surface area contributed by atoms with Gasteiger partial charge in [-0.15, -0.1) is 0 Å². The lowest BCUT2D eigenvalue weighted by Crippen LogP contribution is -2.58. The fraction of sp³-hybridized carbons (Fsp3) is 0.517. The number of nitrogens with one attached hydrogen (secondary N) is 2. The quantitative estimate of drug-likeness (QED) is 0.564. The molecule has 7 rings (SSSR count). The zero-order valence-corrected chi connectivity index (χ0v) is 21.8. The van der Waals surface area contributed by atoms with E-state index in [1.807, 2.05) is 12.4 Å². The van der Waals surface area contributed by atoms with E-state index >= 15 is 0 Å². The van der Waals surface area contributed by atoms with Crippen LogP contribution in [0.3, 0.4) is 0 Å². The van der Waals surface area contributed by atoms with Gasteiger partial charge in [0.15, 0.2) is 0 Å². The van der Waals surface area contributed by atoms with Gasteiger partial charge in [0.2, 0.25) is 0 Å². The molecule has 6 heterocycles. The molecule has 1 aromatic carbocycles. The average Bonchev–Trinajstić information content (AvgIpc) is 3.43. The molecule has 2 bridgehead atoms. The highest BCUT2D eigenvalue weighted by Crippen LogP contribution is 2.36. The number of urea groups is 1. The molecule has 0 spiro atoms. The molecule has 194 valence electrons. The minimum atomic E-state index is 0.128. The van der Waals surface area contributed by atoms with Crippen LogP contribution in [-0.2, 0) is 17.7 Å². The van der Waals surface area contributed by atoms with Gasteiger partial charge < -0.3 is 29.7 Å². The van der Waals surface area contributed by atoms with Crippen molar-refractivity contribution in [3.8, 4) is 11.1 Å². The van der Waals surface area contributed by atoms with Gasteiger partial charge in [-0.1, -0.05) is 6.07 Å². The summed E-state index contributed by atoms with van der Waals surface area (Å²) in [6.45, 7) is 7.76. The van der Waals surface area contributed by atoms with Gasteiger partial charge in [0.05, 0.1) is 19.3 Å². The number of likely N-dealkylation sites (N-methyl/N-ethyl adjacent to an activating group) is 1. The summed E-state index contributed by atoms with van der Waals surface area (Å²) < 4.78 is 5.88. The number of piperazine rings is 1. The van der Waals surface area contributed by atoms with Crippen LogP contribution in [0.4, 0.5) is 4.79 Å². The molecule has 3 atom stereocenters. The van der Waals surface area contributed by atoms with Crippen LogP contribution in [0.2, 0.25) is 0 Å². The molecular weight excluding hydrogens is 464 g/mol. The highest BCUT2D eigenvalue weighted by atomic mass is 16.5. The van der Waals surface area contributed by atoms with E-state index in [4.69, 9.17) is 4.74 Å². The van der Waals surface area contributed by atoms with Crippen molar-refractivity contribution in [3.63, 3.8) is 0 Å². The molecule has 3 saturated heterocycles. The van der Waals surface area contributed by atoms with Gasteiger partial charge in [0.1, 0.15) is 5.65 Å². The number of aryl methyl sites for hydroxylation is 1. The number of nitrogens with zero attached hydrogens (tertiary/aromatic N) is 4. The van der Waals surface area contributed by atoms with Crippen molar-refractivity contribution in [2.45, 2.75) is 50.9 Å². The molecule has 0 radical (unpaired) electrons. The van der Waals surface area contributed by atoms with Crippen LogP contribution in [0.15, 0.2) is 30.6 Å². The predicted molar refractivity (Wildman–Crippen MR) is 143 cm³/mol. The van der Waals surface area contributed by atoms with Crippen molar-refractivity contribution in [2.24, 2.45) is 0 Å². The molecule has 8 nitrogen and oxygen atoms in total. The predicted octanol–water partition coefficient (Wildman–Crippen LogP) is 3.46. The number of carbonyl (C=O) groups is 1. The highest BCUT2D eigenvalue weighted by molar-refractivity contribution is 5.85. The Kier molecular flexibility index (Phi) is 5.71. The molecule has 2 N–H and O–H groups in total. The van der Waals surface area contributed by atoms with Gasteiger partial charge >= 0.3 is 6.03 Å². The van der Waals surface area contributed by atoms with Crippen LogP contribution in [0.25, 0.3) is 22.2 Å². The maximum absolute atomic E-state index is 13.8. The second-order valence-corrected chi connectivity index (χ2v) is 11.3. The van der Waals surface area contributed by atoms with Crippen LogP contribution in [0.5, 0.6) is 0 Å². The molecule has 37 heavy (non-hydrogen) atoms. The molecule has 2 aromatic heterocycles. The summed E-state index contributed by atoms with van der Waals surface area (Å²) in [6.07, 6.45) is 7.11. The first-order valence-corrected chi connectivity index (χ1v) is 13.7. The van der Waals surface area contributed by atoms with Crippen molar-refractivity contribution in [1.82, 2.24) is 30.0 Å². The van der Waals surface area contributed by atoms with Gasteiger partial charge in [0, 0.05) is 68.2 Å². The number of hydrogen-bond acceptors (Lipinski definition) is 5. The Balaban J connectivity index is 1.24. The second kappa shape index (κ2) is 9.11. The Hall–Kier alpha value is -2.94. The molecule has 0 aliphatic carbocycles. The monoisotopic (exact) mass is 500 g/mol. The lowest BCUT2D eigenvalue weighted by atomic mass is 9.87. The Morgan fingerprint density at radius 2 is 1.97 bits per heavy atom. The lowest BCUT2D eigenvalue weighted by molar-refractivity contribution is 0.0734. The molecule has 3 fully saturated rings. The van der Waals surface area contributed by atoms with E-state index in [1.54, 1.807) is 0 Å². The Bertz CT molecular complexity index is 1330. The summed E-state index contributed by atoms with van der Waals surface area (Å²) in [5.41, 5.74) is 8.34. The molecule has 4 aliphatic heterocycles. The number of aromatic nitrogens is 2. The van der Waals surface area contributed by atoms with Crippen molar-refractivity contribution in [2.75, 3.05) is 46.4 Å². The van der Waals surface area contributed by atoms with E-state index in [9.17, 15) is 4.79 Å². The first-order valence-electron chi connectivity index (χ1n) is 13.7. The summed E-state index contributed by atoms with van der Waals surface area (Å²) in [7, 11) is 2.18. The highest BCUT2D eigenvalue weighted by Gasteiger charge is 2.43. The molecule has 0 saturated carbocycles. The van der Waals surface area contributed by atoms with Gasteiger partial charge in [-0.3, -0.25) is 0 Å². The van der Waals surface area contributed by atoms with E-state index < -0.39 is 0 Å². The van der Waals surface area contributed by atoms with E-state index in [2.05, 4.69) is 62.2 Å². The van der Waals surface area contributed by atoms with Crippen molar-refractivity contribution >= 4 is 17.1 Å². The fourth-order valence-electron chi connectivity index (χ4n) is 6.99. The number of morpholine rings is 1. The smallest absolute Gasteiger partial charge is 0.320 e. The molecule has 3 aromatic rings. The van der Waals surface area contributed by atoms with E-state index in [0.29, 0.717) is 25.2 Å². The van der Waals surface area contributed by atoms with Crippen LogP contribution in [-0.4, -0.2) is 89.2 Å². The summed E-state index contributed by atoms with van der Waals surface area (Å²) in [6, 6.07) is 7.94. The van der Waals surface area contributed by atoms with Gasteiger partial charge in [0.25, 0.3) is 0 Å². The van der Waals surface area contributed by atoms with E-state index in [1.165, 1.54) is 27.8 Å². The maximum atomic E-state index is 13.8. The van der Waals surface area contributed by atoms with Crippen LogP contribution >= 0.6 is 0 Å². The summed E-state index contributed by atoms with van der Waals surface area (Å²) in [5, 5.41) is 4.83. The molecule has 4 aliphatic rings. The van der Waals surface area contributed by atoms with E-state index in [-0.39, 0.29) is 12.1 Å². The largest absolute Gasteiger partial charge is 0.378 e. The zero-order valence-electron chi connectivity index (χ0n) is 21.8. The summed E-state index contributed by atoms with van der Waals surface area (Å²) >= 11 is 0. The minimum absolute atomic E-state index is 0.128.